The molecule has 24 heavy (non-hydrogen) atoms. The van der Waals surface area contributed by atoms with Gasteiger partial charge < -0.3 is 4.57 Å². The maximum atomic E-state index is 12.6. The molecule has 4 aromatic rings. The first kappa shape index (κ1) is 15.2. The Hall–Kier alpha value is -2.31. The molecule has 6 heteroatoms. The molecule has 0 bridgehead atoms. The van der Waals surface area contributed by atoms with Crippen molar-refractivity contribution in [2.75, 3.05) is 0 Å². The summed E-state index contributed by atoms with van der Waals surface area (Å²) in [7, 11) is 1.97. The lowest BCUT2D eigenvalue weighted by atomic mass is 10.1. The molecule has 0 aliphatic carbocycles. The molecule has 2 heterocycles. The Kier molecular flexibility index (Phi) is 3.78. The highest BCUT2D eigenvalue weighted by Crippen LogP contribution is 2.22. The topological polar surface area (TPSA) is 47.2 Å². The van der Waals surface area contributed by atoms with Crippen molar-refractivity contribution in [3.8, 4) is 0 Å². The minimum Gasteiger partial charge on any atom is -0.319 e. The second-order valence-electron chi connectivity index (χ2n) is 5.51. The monoisotopic (exact) mass is 353 g/mol. The SMILES string of the molecule is CCc1cccc2sc(=NC(=O)c3ccc4ncsc4c3)n(C)c12. The number of benzene rings is 2. The number of nitrogens with zero attached hydrogens (tertiary/aromatic N) is 3. The number of amides is 1. The van der Waals surface area contributed by atoms with E-state index in [1.165, 1.54) is 16.9 Å². The molecule has 2 aromatic heterocycles. The standard InChI is InChI=1S/C18H15N3OS2/c1-3-11-5-4-6-14-16(11)21(2)18(24-14)20-17(22)12-7-8-13-15(9-12)23-10-19-13/h4-10H,3H2,1-2H3. The number of thiazole rings is 2. The lowest BCUT2D eigenvalue weighted by molar-refractivity contribution is 0.0998. The van der Waals surface area contributed by atoms with Gasteiger partial charge in [0.1, 0.15) is 0 Å². The summed E-state index contributed by atoms with van der Waals surface area (Å²) in [5, 5.41) is 0. The van der Waals surface area contributed by atoms with E-state index in [4.69, 9.17) is 0 Å². The van der Waals surface area contributed by atoms with Gasteiger partial charge >= 0.3 is 0 Å². The van der Waals surface area contributed by atoms with Gasteiger partial charge in [-0.3, -0.25) is 4.79 Å². The van der Waals surface area contributed by atoms with E-state index in [0.717, 1.165) is 31.7 Å². The van der Waals surface area contributed by atoms with Crippen LogP contribution in [0.5, 0.6) is 0 Å². The number of para-hydroxylation sites is 1. The van der Waals surface area contributed by atoms with Crippen LogP contribution in [0.1, 0.15) is 22.8 Å². The van der Waals surface area contributed by atoms with Gasteiger partial charge in [0.2, 0.25) is 0 Å². The largest absolute Gasteiger partial charge is 0.319 e. The number of aryl methyl sites for hydroxylation is 2. The summed E-state index contributed by atoms with van der Waals surface area (Å²) in [6.07, 6.45) is 0.956. The summed E-state index contributed by atoms with van der Waals surface area (Å²) in [6.45, 7) is 2.14. The number of aromatic nitrogens is 2. The van der Waals surface area contributed by atoms with Gasteiger partial charge in [0.15, 0.2) is 4.80 Å². The summed E-state index contributed by atoms with van der Waals surface area (Å²) < 4.78 is 4.17. The molecule has 4 rings (SSSR count). The molecule has 0 atom stereocenters. The molecule has 0 radical (unpaired) electrons. The maximum absolute atomic E-state index is 12.6. The van der Waals surface area contributed by atoms with Gasteiger partial charge in [0.25, 0.3) is 5.91 Å². The van der Waals surface area contributed by atoms with Crippen molar-refractivity contribution < 1.29 is 4.79 Å². The molecule has 0 unspecified atom stereocenters. The fraction of sp³-hybridized carbons (Fsp3) is 0.167. The van der Waals surface area contributed by atoms with E-state index >= 15 is 0 Å². The summed E-state index contributed by atoms with van der Waals surface area (Å²) in [5.74, 6) is -0.217. The number of carbonyl (C=O) groups is 1. The van der Waals surface area contributed by atoms with Crippen LogP contribution in [0.3, 0.4) is 0 Å². The van der Waals surface area contributed by atoms with Gasteiger partial charge in [-0.05, 0) is 36.2 Å². The van der Waals surface area contributed by atoms with Crippen molar-refractivity contribution in [1.82, 2.24) is 9.55 Å². The van der Waals surface area contributed by atoms with E-state index in [1.807, 2.05) is 23.7 Å². The first-order chi connectivity index (χ1) is 11.7. The molecule has 0 saturated heterocycles. The number of rotatable bonds is 2. The van der Waals surface area contributed by atoms with Gasteiger partial charge in [-0.15, -0.1) is 11.3 Å². The number of hydrogen-bond acceptors (Lipinski definition) is 4. The third-order valence-corrected chi connectivity index (χ3v) is 5.95. The highest BCUT2D eigenvalue weighted by atomic mass is 32.1. The quantitative estimate of drug-likeness (QED) is 0.543. The van der Waals surface area contributed by atoms with Gasteiger partial charge in [0.05, 0.1) is 25.9 Å². The zero-order valence-electron chi connectivity index (χ0n) is 13.3. The molecule has 1 amide bonds. The second-order valence-corrected chi connectivity index (χ2v) is 7.41. The molecule has 0 saturated carbocycles. The van der Waals surface area contributed by atoms with E-state index in [2.05, 4.69) is 35.1 Å². The van der Waals surface area contributed by atoms with Crippen LogP contribution in [0.4, 0.5) is 0 Å². The Morgan fingerprint density at radius 1 is 1.25 bits per heavy atom. The van der Waals surface area contributed by atoms with Crippen molar-refractivity contribution in [3.05, 3.63) is 57.8 Å². The van der Waals surface area contributed by atoms with Crippen LogP contribution in [0.2, 0.25) is 0 Å². The molecule has 0 N–H and O–H groups in total. The summed E-state index contributed by atoms with van der Waals surface area (Å²) in [6, 6.07) is 11.8. The lowest BCUT2D eigenvalue weighted by Gasteiger charge is -2.02. The Bertz CT molecular complexity index is 1130. The van der Waals surface area contributed by atoms with Crippen molar-refractivity contribution in [3.63, 3.8) is 0 Å². The van der Waals surface area contributed by atoms with Crippen LogP contribution in [-0.2, 0) is 13.5 Å². The Balaban J connectivity index is 1.84. The summed E-state index contributed by atoms with van der Waals surface area (Å²) in [4.78, 5) is 21.9. The van der Waals surface area contributed by atoms with Crippen molar-refractivity contribution in [1.29, 1.82) is 0 Å². The fourth-order valence-corrected chi connectivity index (χ4v) is 4.60. The van der Waals surface area contributed by atoms with Crippen LogP contribution >= 0.6 is 22.7 Å². The fourth-order valence-electron chi connectivity index (χ4n) is 2.82. The van der Waals surface area contributed by atoms with Crippen LogP contribution in [-0.4, -0.2) is 15.5 Å². The predicted octanol–water partition coefficient (Wildman–Crippen LogP) is 4.15. The molecular formula is C18H15N3OS2. The molecular weight excluding hydrogens is 338 g/mol. The van der Waals surface area contributed by atoms with Crippen molar-refractivity contribution in [2.24, 2.45) is 12.0 Å². The van der Waals surface area contributed by atoms with Crippen LogP contribution in [0, 0.1) is 0 Å². The molecule has 0 fully saturated rings. The van der Waals surface area contributed by atoms with Crippen molar-refractivity contribution >= 4 is 49.0 Å². The summed E-state index contributed by atoms with van der Waals surface area (Å²) >= 11 is 3.08. The Labute approximate surface area is 146 Å². The lowest BCUT2D eigenvalue weighted by Crippen LogP contribution is -2.13. The van der Waals surface area contributed by atoms with Gasteiger partial charge in [-0.1, -0.05) is 30.4 Å². The smallest absolute Gasteiger partial charge is 0.279 e. The van der Waals surface area contributed by atoms with E-state index in [1.54, 1.807) is 22.9 Å². The Morgan fingerprint density at radius 2 is 2.12 bits per heavy atom. The first-order valence-electron chi connectivity index (χ1n) is 7.67. The van der Waals surface area contributed by atoms with E-state index < -0.39 is 0 Å². The van der Waals surface area contributed by atoms with Crippen LogP contribution in [0.15, 0.2) is 46.9 Å². The highest BCUT2D eigenvalue weighted by Gasteiger charge is 2.10. The molecule has 120 valence electrons. The second kappa shape index (κ2) is 5.96. The summed E-state index contributed by atoms with van der Waals surface area (Å²) in [5.41, 5.74) is 5.73. The average Bonchev–Trinajstić information content (AvgIpc) is 3.19. The zero-order chi connectivity index (χ0) is 16.7. The molecule has 0 aliphatic heterocycles. The Morgan fingerprint density at radius 3 is 2.96 bits per heavy atom. The van der Waals surface area contributed by atoms with Gasteiger partial charge in [-0.2, -0.15) is 4.99 Å². The van der Waals surface area contributed by atoms with Crippen LogP contribution in [0.25, 0.3) is 20.4 Å². The van der Waals surface area contributed by atoms with E-state index in [0.29, 0.717) is 5.56 Å². The van der Waals surface area contributed by atoms with Gasteiger partial charge in [-0.25, -0.2) is 4.98 Å². The third kappa shape index (κ3) is 2.48. The molecule has 4 nitrogen and oxygen atoms in total. The predicted molar refractivity (Wildman–Crippen MR) is 99.7 cm³/mol. The normalized spacial score (nSPS) is 12.3. The maximum Gasteiger partial charge on any atom is 0.279 e. The minimum absolute atomic E-state index is 0.217. The molecule has 0 spiro atoms. The minimum atomic E-state index is -0.217. The average molecular weight is 353 g/mol. The van der Waals surface area contributed by atoms with E-state index in [-0.39, 0.29) is 5.91 Å². The molecule has 0 aliphatic rings. The molecule has 2 aromatic carbocycles. The van der Waals surface area contributed by atoms with Gasteiger partial charge in [0, 0.05) is 12.6 Å². The number of carbonyl (C=O) groups excluding carboxylic acids is 1. The zero-order valence-corrected chi connectivity index (χ0v) is 14.9. The highest BCUT2D eigenvalue weighted by molar-refractivity contribution is 7.17. The number of fused-ring (bicyclic) bond motifs is 2. The van der Waals surface area contributed by atoms with E-state index in [9.17, 15) is 4.79 Å². The first-order valence-corrected chi connectivity index (χ1v) is 9.36. The number of hydrogen-bond donors (Lipinski definition) is 0. The third-order valence-electron chi connectivity index (χ3n) is 4.06. The van der Waals surface area contributed by atoms with Crippen molar-refractivity contribution in [2.45, 2.75) is 13.3 Å². The van der Waals surface area contributed by atoms with Crippen LogP contribution < -0.4 is 4.80 Å².